The highest BCUT2D eigenvalue weighted by atomic mass is 79.9. The average Bonchev–Trinajstić information content (AvgIpc) is 2.42. The van der Waals surface area contributed by atoms with Gasteiger partial charge in [-0.25, -0.2) is 17.8 Å². The van der Waals surface area contributed by atoms with Crippen LogP contribution in [0.15, 0.2) is 9.63 Å². The third kappa shape index (κ3) is 3.24. The third-order valence-electron chi connectivity index (χ3n) is 1.71. The smallest absolute Gasteiger partial charge is 0.260 e. The van der Waals surface area contributed by atoms with Gasteiger partial charge in [0.15, 0.2) is 4.60 Å². The molecule has 92 valence electrons. The van der Waals surface area contributed by atoms with E-state index >= 15 is 0 Å². The molecule has 0 fully saturated rings. The van der Waals surface area contributed by atoms with Crippen molar-refractivity contribution in [2.24, 2.45) is 12.8 Å². The van der Waals surface area contributed by atoms with E-state index in [4.69, 9.17) is 5.73 Å². The topological polar surface area (TPSA) is 103 Å². The van der Waals surface area contributed by atoms with Crippen LogP contribution in [0.25, 0.3) is 0 Å². The van der Waals surface area contributed by atoms with Crippen molar-refractivity contribution < 1.29 is 8.42 Å². The Morgan fingerprint density at radius 2 is 2.12 bits per heavy atom. The summed E-state index contributed by atoms with van der Waals surface area (Å²) in [6, 6.07) is 0. The molecular formula is C7H14BrN5O2S. The fraction of sp³-hybridized carbons (Fsp3) is 0.714. The molecule has 16 heavy (non-hydrogen) atoms. The average molecular weight is 312 g/mol. The zero-order chi connectivity index (χ0) is 12.6. The molecule has 0 aliphatic heterocycles. The van der Waals surface area contributed by atoms with Crippen LogP contribution in [0.3, 0.4) is 0 Å². The van der Waals surface area contributed by atoms with E-state index in [1.165, 1.54) is 11.7 Å². The highest BCUT2D eigenvalue weighted by Gasteiger charge is 2.25. The molecule has 1 aromatic rings. The molecule has 9 heteroatoms. The number of rotatable bonds is 4. The van der Waals surface area contributed by atoms with Crippen LogP contribution in [0, 0.1) is 0 Å². The molecule has 0 aromatic carbocycles. The standard InChI is InChI=1S/C7H14BrN5O2S/c1-7(2,9)4-10-16(14,15)6-5(8)11-12-13(6)3/h10H,4,9H2,1-3H3. The summed E-state index contributed by atoms with van der Waals surface area (Å²) in [5.74, 6) is 0. The largest absolute Gasteiger partial charge is 0.324 e. The second-order valence-electron chi connectivity index (χ2n) is 4.12. The number of nitrogens with one attached hydrogen (secondary N) is 1. The van der Waals surface area contributed by atoms with Gasteiger partial charge in [-0.1, -0.05) is 5.21 Å². The minimum absolute atomic E-state index is 0.0169. The number of halogens is 1. The van der Waals surface area contributed by atoms with Gasteiger partial charge in [-0.05, 0) is 29.8 Å². The molecule has 1 heterocycles. The lowest BCUT2D eigenvalue weighted by Gasteiger charge is -2.18. The molecule has 3 N–H and O–H groups in total. The van der Waals surface area contributed by atoms with Crippen molar-refractivity contribution in [2.45, 2.75) is 24.4 Å². The van der Waals surface area contributed by atoms with Gasteiger partial charge in [-0.15, -0.1) is 5.10 Å². The maximum atomic E-state index is 11.9. The van der Waals surface area contributed by atoms with E-state index in [-0.39, 0.29) is 16.2 Å². The highest BCUT2D eigenvalue weighted by Crippen LogP contribution is 2.17. The lowest BCUT2D eigenvalue weighted by Crippen LogP contribution is -2.45. The molecule has 0 amide bonds. The van der Waals surface area contributed by atoms with Crippen molar-refractivity contribution in [3.8, 4) is 0 Å². The molecule has 0 aliphatic rings. The van der Waals surface area contributed by atoms with Crippen LogP contribution in [-0.4, -0.2) is 35.5 Å². The van der Waals surface area contributed by atoms with Crippen LogP contribution in [-0.2, 0) is 17.1 Å². The second-order valence-corrected chi connectivity index (χ2v) is 6.56. The number of sulfonamides is 1. The van der Waals surface area contributed by atoms with Crippen molar-refractivity contribution in [1.82, 2.24) is 19.7 Å². The lowest BCUT2D eigenvalue weighted by molar-refractivity contribution is 0.493. The molecule has 0 bridgehead atoms. The Kier molecular flexibility index (Phi) is 3.72. The molecular weight excluding hydrogens is 298 g/mol. The molecule has 0 radical (unpaired) electrons. The van der Waals surface area contributed by atoms with Gasteiger partial charge in [0.05, 0.1) is 0 Å². The number of aryl methyl sites for hydroxylation is 1. The van der Waals surface area contributed by atoms with Gasteiger partial charge in [-0.2, -0.15) is 0 Å². The summed E-state index contributed by atoms with van der Waals surface area (Å²) in [5.41, 5.74) is 5.08. The first-order chi connectivity index (χ1) is 7.13. The third-order valence-corrected chi connectivity index (χ3v) is 4.00. The Bertz CT molecular complexity index is 456. The maximum absolute atomic E-state index is 11.9. The van der Waals surface area contributed by atoms with E-state index in [2.05, 4.69) is 31.0 Å². The van der Waals surface area contributed by atoms with Crippen LogP contribution in [0.1, 0.15) is 13.8 Å². The summed E-state index contributed by atoms with van der Waals surface area (Å²) < 4.78 is 27.5. The monoisotopic (exact) mass is 311 g/mol. The Morgan fingerprint density at radius 1 is 1.56 bits per heavy atom. The second kappa shape index (κ2) is 4.40. The van der Waals surface area contributed by atoms with Crippen molar-refractivity contribution in [3.05, 3.63) is 4.60 Å². The van der Waals surface area contributed by atoms with Gasteiger partial charge < -0.3 is 5.73 Å². The quantitative estimate of drug-likeness (QED) is 0.787. The molecule has 1 aromatic heterocycles. The predicted molar refractivity (Wildman–Crippen MR) is 62.2 cm³/mol. The van der Waals surface area contributed by atoms with E-state index < -0.39 is 15.6 Å². The van der Waals surface area contributed by atoms with Gasteiger partial charge in [0.1, 0.15) is 0 Å². The molecule has 1 rings (SSSR count). The fourth-order valence-corrected chi connectivity index (χ4v) is 3.27. The summed E-state index contributed by atoms with van der Waals surface area (Å²) in [4.78, 5) is 0. The van der Waals surface area contributed by atoms with Crippen LogP contribution >= 0.6 is 15.9 Å². The van der Waals surface area contributed by atoms with Gasteiger partial charge in [0.25, 0.3) is 10.0 Å². The number of nitrogens with zero attached hydrogens (tertiary/aromatic N) is 3. The molecule has 0 saturated heterocycles. The summed E-state index contributed by atoms with van der Waals surface area (Å²) in [6.45, 7) is 3.59. The summed E-state index contributed by atoms with van der Waals surface area (Å²) in [6.07, 6.45) is 0. The van der Waals surface area contributed by atoms with Crippen molar-refractivity contribution in [2.75, 3.05) is 6.54 Å². The van der Waals surface area contributed by atoms with E-state index in [1.807, 2.05) is 0 Å². The van der Waals surface area contributed by atoms with Gasteiger partial charge in [0.2, 0.25) is 5.03 Å². The van der Waals surface area contributed by atoms with E-state index in [1.54, 1.807) is 13.8 Å². The fourth-order valence-electron chi connectivity index (χ4n) is 0.957. The SMILES string of the molecule is Cn1nnc(Br)c1S(=O)(=O)NCC(C)(C)N. The summed E-state index contributed by atoms with van der Waals surface area (Å²) in [7, 11) is -2.15. The zero-order valence-corrected chi connectivity index (χ0v) is 11.6. The summed E-state index contributed by atoms with van der Waals surface area (Å²) >= 11 is 3.03. The van der Waals surface area contributed by atoms with Crippen LogP contribution in [0.4, 0.5) is 0 Å². The molecule has 0 unspecified atom stereocenters. The van der Waals surface area contributed by atoms with Crippen LogP contribution in [0.5, 0.6) is 0 Å². The number of hydrogen-bond acceptors (Lipinski definition) is 5. The Labute approximate surface area is 103 Å². The van der Waals surface area contributed by atoms with Gasteiger partial charge >= 0.3 is 0 Å². The number of hydrogen-bond donors (Lipinski definition) is 2. The maximum Gasteiger partial charge on any atom is 0.260 e. The van der Waals surface area contributed by atoms with Crippen LogP contribution < -0.4 is 10.5 Å². The molecule has 0 spiro atoms. The van der Waals surface area contributed by atoms with Crippen LogP contribution in [0.2, 0.25) is 0 Å². The predicted octanol–water partition coefficient (Wildman–Crippen LogP) is -0.407. The normalized spacial score (nSPS) is 13.1. The Hall–Kier alpha value is -0.510. The number of nitrogens with two attached hydrogens (primary N) is 1. The van der Waals surface area contributed by atoms with E-state index in [9.17, 15) is 8.42 Å². The highest BCUT2D eigenvalue weighted by molar-refractivity contribution is 9.10. The Balaban J connectivity index is 2.96. The Morgan fingerprint density at radius 3 is 2.50 bits per heavy atom. The van der Waals surface area contributed by atoms with Crippen molar-refractivity contribution in [1.29, 1.82) is 0 Å². The first kappa shape index (κ1) is 13.6. The minimum atomic E-state index is -3.65. The summed E-state index contributed by atoms with van der Waals surface area (Å²) in [5, 5.41) is 7.19. The zero-order valence-electron chi connectivity index (χ0n) is 9.23. The first-order valence-electron chi connectivity index (χ1n) is 4.47. The molecule has 0 atom stereocenters. The van der Waals surface area contributed by atoms with Crippen molar-refractivity contribution in [3.63, 3.8) is 0 Å². The van der Waals surface area contributed by atoms with E-state index in [0.29, 0.717) is 0 Å². The van der Waals surface area contributed by atoms with Crippen molar-refractivity contribution >= 4 is 26.0 Å². The van der Waals surface area contributed by atoms with Gasteiger partial charge in [-0.3, -0.25) is 0 Å². The lowest BCUT2D eigenvalue weighted by atomic mass is 10.1. The first-order valence-corrected chi connectivity index (χ1v) is 6.75. The molecule has 7 nitrogen and oxygen atoms in total. The minimum Gasteiger partial charge on any atom is -0.324 e. The van der Waals surface area contributed by atoms with E-state index in [0.717, 1.165) is 0 Å². The molecule has 0 saturated carbocycles. The molecule has 0 aliphatic carbocycles. The van der Waals surface area contributed by atoms with Gasteiger partial charge in [0, 0.05) is 19.1 Å². The number of aromatic nitrogens is 3.